The lowest BCUT2D eigenvalue weighted by Crippen LogP contribution is -2.01. The minimum Gasteiger partial charge on any atom is -0.456 e. The molecule has 12 aromatic rings. The van der Waals surface area contributed by atoms with E-state index in [2.05, 4.69) is 115 Å². The predicted octanol–water partition coefficient (Wildman–Crippen LogP) is 13.1. The number of hydrogen-bond donors (Lipinski definition) is 0. The van der Waals surface area contributed by atoms with Crippen LogP contribution in [0.5, 0.6) is 0 Å². The first-order chi connectivity index (χ1) is 29.7. The van der Waals surface area contributed by atoms with Crippen LogP contribution in [0.15, 0.2) is 199 Å². The van der Waals surface area contributed by atoms with Crippen LogP contribution < -0.4 is 0 Å². The number of fused-ring (bicyclic) bond motifs is 8. The number of rotatable bonds is 6. The molecule has 7 heteroatoms. The molecule has 0 fully saturated rings. The van der Waals surface area contributed by atoms with Gasteiger partial charge in [-0.15, -0.1) is 10.2 Å². The number of para-hydroxylation sites is 2. The maximum absolute atomic E-state index is 6.31. The SMILES string of the molecule is c1ccc(-c2ccc(-c3nc(-c4ccccc4-c4ccc5ccc6ccc7nn(-c8ccccc8)nc7c6c5c4)nc(-c4cccc5oc6ccccc6c45)n3)cc2)cc1. The molecule has 0 saturated heterocycles. The van der Waals surface area contributed by atoms with Gasteiger partial charge in [0.2, 0.25) is 0 Å². The summed E-state index contributed by atoms with van der Waals surface area (Å²) in [6.07, 6.45) is 0. The van der Waals surface area contributed by atoms with Gasteiger partial charge in [-0.05, 0) is 74.8 Å². The fourth-order valence-electron chi connectivity index (χ4n) is 8.44. The molecule has 0 aliphatic heterocycles. The molecule has 0 unspecified atom stereocenters. The van der Waals surface area contributed by atoms with Gasteiger partial charge in [-0.2, -0.15) is 4.80 Å². The van der Waals surface area contributed by atoms with Crippen molar-refractivity contribution in [1.29, 1.82) is 0 Å². The van der Waals surface area contributed by atoms with E-state index in [4.69, 9.17) is 29.6 Å². The Morgan fingerprint density at radius 2 is 0.967 bits per heavy atom. The van der Waals surface area contributed by atoms with Crippen LogP contribution in [-0.4, -0.2) is 29.9 Å². The smallest absolute Gasteiger partial charge is 0.164 e. The van der Waals surface area contributed by atoms with Crippen molar-refractivity contribution in [1.82, 2.24) is 29.9 Å². The van der Waals surface area contributed by atoms with Crippen molar-refractivity contribution in [2.75, 3.05) is 0 Å². The number of aromatic nitrogens is 6. The van der Waals surface area contributed by atoms with Crippen molar-refractivity contribution in [2.45, 2.75) is 0 Å². The summed E-state index contributed by atoms with van der Waals surface area (Å²) < 4.78 is 6.31. The summed E-state index contributed by atoms with van der Waals surface area (Å²) in [7, 11) is 0. The van der Waals surface area contributed by atoms with Crippen LogP contribution in [-0.2, 0) is 0 Å². The summed E-state index contributed by atoms with van der Waals surface area (Å²) in [5.74, 6) is 1.74. The largest absolute Gasteiger partial charge is 0.456 e. The number of nitrogens with zero attached hydrogens (tertiary/aromatic N) is 6. The highest BCUT2D eigenvalue weighted by Crippen LogP contribution is 2.40. The highest BCUT2D eigenvalue weighted by molar-refractivity contribution is 6.19. The summed E-state index contributed by atoms with van der Waals surface area (Å²) in [5, 5.41) is 16.3. The molecule has 7 nitrogen and oxygen atoms in total. The van der Waals surface area contributed by atoms with Gasteiger partial charge in [0.1, 0.15) is 22.2 Å². The first kappa shape index (κ1) is 33.8. The number of benzene rings is 9. The molecule has 3 heterocycles. The van der Waals surface area contributed by atoms with Crippen LogP contribution in [0.1, 0.15) is 0 Å². The third-order valence-electron chi connectivity index (χ3n) is 11.3. The minimum absolute atomic E-state index is 0.572. The first-order valence-corrected chi connectivity index (χ1v) is 19.9. The van der Waals surface area contributed by atoms with Crippen molar-refractivity contribution in [3.05, 3.63) is 194 Å². The van der Waals surface area contributed by atoms with Crippen molar-refractivity contribution in [3.63, 3.8) is 0 Å². The standard InChI is InChI=1S/C53H32N6O/c1-3-12-33(13-4-1)34-22-27-37(28-23-34)51-54-52(56-53(55-51)43-19-11-21-47-49(43)42-18-9-10-20-46(42)60-47)41-17-8-7-16-40(41)38-29-25-35-24-26-36-30-31-45-50(48(36)44(35)32-38)58-59(57-45)39-14-5-2-6-15-39/h1-32H. The second-order valence-electron chi connectivity index (χ2n) is 14.9. The monoisotopic (exact) mass is 768 g/mol. The third kappa shape index (κ3) is 5.63. The van der Waals surface area contributed by atoms with E-state index in [1.807, 2.05) is 78.9 Å². The van der Waals surface area contributed by atoms with E-state index < -0.39 is 0 Å². The second kappa shape index (κ2) is 13.7. The molecule has 60 heavy (non-hydrogen) atoms. The van der Waals surface area contributed by atoms with Crippen LogP contribution in [0, 0.1) is 0 Å². The molecular formula is C53H32N6O. The van der Waals surface area contributed by atoms with Gasteiger partial charge in [0.25, 0.3) is 0 Å². The molecule has 0 aliphatic rings. The maximum atomic E-state index is 6.31. The fourth-order valence-corrected chi connectivity index (χ4v) is 8.44. The van der Waals surface area contributed by atoms with Gasteiger partial charge in [0, 0.05) is 32.8 Å². The van der Waals surface area contributed by atoms with E-state index in [0.29, 0.717) is 17.5 Å². The zero-order chi connectivity index (χ0) is 39.6. The molecule has 12 rings (SSSR count). The number of furan rings is 1. The van der Waals surface area contributed by atoms with E-state index in [1.165, 1.54) is 0 Å². The van der Waals surface area contributed by atoms with Crippen LogP contribution >= 0.6 is 0 Å². The first-order valence-electron chi connectivity index (χ1n) is 19.9. The van der Waals surface area contributed by atoms with E-state index in [9.17, 15) is 0 Å². The Hall–Kier alpha value is -8.29. The van der Waals surface area contributed by atoms with Crippen molar-refractivity contribution in [2.24, 2.45) is 0 Å². The van der Waals surface area contributed by atoms with E-state index in [0.717, 1.165) is 99.1 Å². The molecule has 0 bridgehead atoms. The zero-order valence-corrected chi connectivity index (χ0v) is 32.1. The number of hydrogen-bond acceptors (Lipinski definition) is 6. The lowest BCUT2D eigenvalue weighted by Gasteiger charge is -2.13. The summed E-state index contributed by atoms with van der Waals surface area (Å²) in [6, 6.07) is 66.5. The van der Waals surface area contributed by atoms with Gasteiger partial charge in [-0.1, -0.05) is 158 Å². The zero-order valence-electron chi connectivity index (χ0n) is 32.1. The Kier molecular flexibility index (Phi) is 7.71. The van der Waals surface area contributed by atoms with Crippen LogP contribution in [0.25, 0.3) is 117 Å². The molecule has 280 valence electrons. The van der Waals surface area contributed by atoms with E-state index in [-0.39, 0.29) is 0 Å². The maximum Gasteiger partial charge on any atom is 0.164 e. The van der Waals surface area contributed by atoms with Crippen molar-refractivity contribution >= 4 is 54.5 Å². The molecule has 0 saturated carbocycles. The Morgan fingerprint density at radius 3 is 1.82 bits per heavy atom. The summed E-state index contributed by atoms with van der Waals surface area (Å²) in [6.45, 7) is 0. The topological polar surface area (TPSA) is 82.5 Å². The molecule has 0 aliphatic carbocycles. The van der Waals surface area contributed by atoms with Gasteiger partial charge in [0.05, 0.1) is 5.69 Å². The summed E-state index contributed by atoms with van der Waals surface area (Å²) in [5.41, 5.74) is 11.2. The molecule has 3 aromatic heterocycles. The predicted molar refractivity (Wildman–Crippen MR) is 242 cm³/mol. The van der Waals surface area contributed by atoms with E-state index >= 15 is 0 Å². The van der Waals surface area contributed by atoms with Gasteiger partial charge >= 0.3 is 0 Å². The third-order valence-corrected chi connectivity index (χ3v) is 11.3. The average Bonchev–Trinajstić information content (AvgIpc) is 3.94. The van der Waals surface area contributed by atoms with Crippen LogP contribution in [0.2, 0.25) is 0 Å². The molecule has 0 spiro atoms. The van der Waals surface area contributed by atoms with Gasteiger partial charge in [-0.25, -0.2) is 15.0 Å². The molecule has 0 atom stereocenters. The Labute approximate surface area is 343 Å². The van der Waals surface area contributed by atoms with Gasteiger partial charge in [-0.3, -0.25) is 0 Å². The minimum atomic E-state index is 0.572. The summed E-state index contributed by atoms with van der Waals surface area (Å²) >= 11 is 0. The lowest BCUT2D eigenvalue weighted by molar-refractivity contribution is 0.669. The van der Waals surface area contributed by atoms with Crippen LogP contribution in [0.3, 0.4) is 0 Å². The Balaban J connectivity index is 1.05. The Bertz CT molecular complexity index is 3590. The lowest BCUT2D eigenvalue weighted by atomic mass is 9.94. The second-order valence-corrected chi connectivity index (χ2v) is 14.9. The van der Waals surface area contributed by atoms with Crippen molar-refractivity contribution < 1.29 is 4.42 Å². The molecule has 0 N–H and O–H groups in total. The fraction of sp³-hybridized carbons (Fsp3) is 0. The summed E-state index contributed by atoms with van der Waals surface area (Å²) in [4.78, 5) is 17.4. The highest BCUT2D eigenvalue weighted by Gasteiger charge is 2.20. The normalized spacial score (nSPS) is 11.7. The van der Waals surface area contributed by atoms with Gasteiger partial charge in [0.15, 0.2) is 17.5 Å². The van der Waals surface area contributed by atoms with Crippen molar-refractivity contribution in [3.8, 4) is 62.1 Å². The quantitative estimate of drug-likeness (QED) is 0.157. The van der Waals surface area contributed by atoms with E-state index in [1.54, 1.807) is 4.80 Å². The van der Waals surface area contributed by atoms with Crippen LogP contribution in [0.4, 0.5) is 0 Å². The molecule has 9 aromatic carbocycles. The average molecular weight is 769 g/mol. The van der Waals surface area contributed by atoms with Gasteiger partial charge < -0.3 is 4.42 Å². The molecule has 0 amide bonds. The Morgan fingerprint density at radius 1 is 0.367 bits per heavy atom. The molecule has 0 radical (unpaired) electrons. The molecular weight excluding hydrogens is 737 g/mol. The highest BCUT2D eigenvalue weighted by atomic mass is 16.3.